The maximum Gasteiger partial charge on any atom is 0.225 e. The lowest BCUT2D eigenvalue weighted by atomic mass is 10.1. The summed E-state index contributed by atoms with van der Waals surface area (Å²) in [6.45, 7) is 4.85. The van der Waals surface area contributed by atoms with Crippen molar-refractivity contribution >= 4 is 29.0 Å². The summed E-state index contributed by atoms with van der Waals surface area (Å²) in [6.07, 6.45) is 2.59. The fraction of sp³-hybridized carbons (Fsp3) is 0.533. The highest BCUT2D eigenvalue weighted by Gasteiger charge is 2.11. The normalized spacial score (nSPS) is 12.4. The lowest BCUT2D eigenvalue weighted by molar-refractivity contribution is -0.116. The predicted octanol–water partition coefficient (Wildman–Crippen LogP) is 2.59. The molecule has 0 aliphatic carbocycles. The molecule has 0 aliphatic heterocycles. The van der Waals surface area contributed by atoms with Crippen LogP contribution < -0.4 is 11.1 Å². The standard InChI is InChI=1S/C15H25N3OS/c1-11(10-20-4)18(3)9-8-15(19)17-14-7-5-6-13(16)12(14)2/h5-7,11H,8-10,16H2,1-4H3,(H,17,19). The van der Waals surface area contributed by atoms with Gasteiger partial charge in [-0.05, 0) is 44.8 Å². The zero-order valence-electron chi connectivity index (χ0n) is 12.8. The van der Waals surface area contributed by atoms with Gasteiger partial charge in [-0.2, -0.15) is 11.8 Å². The third-order valence-corrected chi connectivity index (χ3v) is 4.32. The second-order valence-electron chi connectivity index (χ2n) is 5.10. The highest BCUT2D eigenvalue weighted by atomic mass is 32.2. The molecule has 0 saturated carbocycles. The van der Waals surface area contributed by atoms with E-state index in [0.29, 0.717) is 18.2 Å². The molecule has 1 amide bonds. The van der Waals surface area contributed by atoms with Crippen molar-refractivity contribution in [3.8, 4) is 0 Å². The lowest BCUT2D eigenvalue weighted by Gasteiger charge is -2.23. The molecule has 20 heavy (non-hydrogen) atoms. The van der Waals surface area contributed by atoms with E-state index in [-0.39, 0.29) is 5.91 Å². The summed E-state index contributed by atoms with van der Waals surface area (Å²) in [5, 5.41) is 2.93. The van der Waals surface area contributed by atoms with Crippen molar-refractivity contribution in [2.45, 2.75) is 26.3 Å². The molecule has 0 heterocycles. The van der Waals surface area contributed by atoms with E-state index >= 15 is 0 Å². The molecule has 0 bridgehead atoms. The average Bonchev–Trinajstić information content (AvgIpc) is 2.41. The summed E-state index contributed by atoms with van der Waals surface area (Å²) in [4.78, 5) is 14.2. The number of benzene rings is 1. The number of thioether (sulfide) groups is 1. The van der Waals surface area contributed by atoms with Crippen molar-refractivity contribution in [2.24, 2.45) is 0 Å². The number of hydrogen-bond donors (Lipinski definition) is 2. The van der Waals surface area contributed by atoms with Gasteiger partial charge >= 0.3 is 0 Å². The fourth-order valence-electron chi connectivity index (χ4n) is 1.87. The molecule has 1 unspecified atom stereocenters. The van der Waals surface area contributed by atoms with Gasteiger partial charge in [0.2, 0.25) is 5.91 Å². The molecule has 1 aromatic rings. The molecular formula is C15H25N3OS. The van der Waals surface area contributed by atoms with Crippen LogP contribution in [0.15, 0.2) is 18.2 Å². The Kier molecular flexibility index (Phi) is 6.88. The van der Waals surface area contributed by atoms with Crippen LogP contribution in [0.1, 0.15) is 18.9 Å². The highest BCUT2D eigenvalue weighted by molar-refractivity contribution is 7.98. The van der Waals surface area contributed by atoms with Crippen LogP contribution in [-0.4, -0.2) is 42.4 Å². The molecule has 3 N–H and O–H groups in total. The number of nitrogens with one attached hydrogen (secondary N) is 1. The van der Waals surface area contributed by atoms with Gasteiger partial charge in [0, 0.05) is 36.1 Å². The Labute approximate surface area is 126 Å². The minimum Gasteiger partial charge on any atom is -0.398 e. The molecule has 5 heteroatoms. The van der Waals surface area contributed by atoms with Gasteiger partial charge < -0.3 is 16.0 Å². The van der Waals surface area contributed by atoms with E-state index in [4.69, 9.17) is 5.73 Å². The van der Waals surface area contributed by atoms with Crippen molar-refractivity contribution in [3.05, 3.63) is 23.8 Å². The summed E-state index contributed by atoms with van der Waals surface area (Å²) < 4.78 is 0. The van der Waals surface area contributed by atoms with Crippen LogP contribution in [0.2, 0.25) is 0 Å². The zero-order chi connectivity index (χ0) is 15.1. The van der Waals surface area contributed by atoms with Crippen LogP contribution in [0.4, 0.5) is 11.4 Å². The van der Waals surface area contributed by atoms with Crippen molar-refractivity contribution < 1.29 is 4.79 Å². The van der Waals surface area contributed by atoms with Gasteiger partial charge in [0.15, 0.2) is 0 Å². The Balaban J connectivity index is 2.46. The Morgan fingerprint density at radius 1 is 1.50 bits per heavy atom. The van der Waals surface area contributed by atoms with E-state index in [1.807, 2.05) is 36.9 Å². The highest BCUT2D eigenvalue weighted by Crippen LogP contribution is 2.20. The van der Waals surface area contributed by atoms with Crippen LogP contribution >= 0.6 is 11.8 Å². The average molecular weight is 295 g/mol. The first-order chi connectivity index (χ1) is 9.45. The molecule has 0 saturated heterocycles. The number of nitrogen functional groups attached to an aromatic ring is 1. The van der Waals surface area contributed by atoms with Gasteiger partial charge in [0.25, 0.3) is 0 Å². The van der Waals surface area contributed by atoms with Crippen molar-refractivity contribution in [1.82, 2.24) is 4.90 Å². The van der Waals surface area contributed by atoms with Crippen LogP contribution in [0.3, 0.4) is 0 Å². The summed E-state index contributed by atoms with van der Waals surface area (Å²) in [7, 11) is 2.06. The molecule has 0 spiro atoms. The van der Waals surface area contributed by atoms with Crippen LogP contribution in [-0.2, 0) is 4.79 Å². The molecule has 0 radical (unpaired) electrons. The number of carbonyl (C=O) groups excluding carboxylic acids is 1. The number of nitrogens with two attached hydrogens (primary N) is 1. The summed E-state index contributed by atoms with van der Waals surface area (Å²) in [6, 6.07) is 6.05. The largest absolute Gasteiger partial charge is 0.398 e. The molecule has 0 aliphatic rings. The number of rotatable bonds is 7. The predicted molar refractivity (Wildman–Crippen MR) is 89.3 cm³/mol. The Hall–Kier alpha value is -1.20. The number of anilines is 2. The first-order valence-corrected chi connectivity index (χ1v) is 8.19. The van der Waals surface area contributed by atoms with Crippen LogP contribution in [0.25, 0.3) is 0 Å². The molecule has 1 atom stereocenters. The van der Waals surface area contributed by atoms with E-state index in [2.05, 4.69) is 30.4 Å². The summed E-state index contributed by atoms with van der Waals surface area (Å²) >= 11 is 1.82. The maximum atomic E-state index is 12.0. The summed E-state index contributed by atoms with van der Waals surface area (Å²) in [5.74, 6) is 1.11. The van der Waals surface area contributed by atoms with E-state index in [0.717, 1.165) is 23.5 Å². The van der Waals surface area contributed by atoms with Crippen LogP contribution in [0.5, 0.6) is 0 Å². The van der Waals surface area contributed by atoms with Gasteiger partial charge in [0.05, 0.1) is 0 Å². The summed E-state index contributed by atoms with van der Waals surface area (Å²) in [5.41, 5.74) is 8.25. The fourth-order valence-corrected chi connectivity index (χ4v) is 2.61. The lowest BCUT2D eigenvalue weighted by Crippen LogP contribution is -2.33. The van der Waals surface area contributed by atoms with Crippen LogP contribution in [0, 0.1) is 6.92 Å². The topological polar surface area (TPSA) is 58.4 Å². The Morgan fingerprint density at radius 3 is 2.85 bits per heavy atom. The SMILES string of the molecule is CSCC(C)N(C)CCC(=O)Nc1cccc(N)c1C. The minimum absolute atomic E-state index is 0.0295. The Morgan fingerprint density at radius 2 is 2.20 bits per heavy atom. The van der Waals surface area contributed by atoms with Gasteiger partial charge in [-0.15, -0.1) is 0 Å². The smallest absolute Gasteiger partial charge is 0.225 e. The van der Waals surface area contributed by atoms with E-state index in [1.165, 1.54) is 0 Å². The van der Waals surface area contributed by atoms with E-state index in [9.17, 15) is 4.79 Å². The number of amides is 1. The molecule has 0 fully saturated rings. The van der Waals surface area contributed by atoms with Gasteiger partial charge in [-0.25, -0.2) is 0 Å². The van der Waals surface area contributed by atoms with Gasteiger partial charge in [-0.1, -0.05) is 6.07 Å². The van der Waals surface area contributed by atoms with Crippen molar-refractivity contribution in [1.29, 1.82) is 0 Å². The van der Waals surface area contributed by atoms with Crippen molar-refractivity contribution in [2.75, 3.05) is 36.7 Å². The number of carbonyl (C=O) groups is 1. The quantitative estimate of drug-likeness (QED) is 0.759. The maximum absolute atomic E-state index is 12.0. The monoisotopic (exact) mass is 295 g/mol. The molecule has 4 nitrogen and oxygen atoms in total. The number of nitrogens with zero attached hydrogens (tertiary/aromatic N) is 1. The third-order valence-electron chi connectivity index (χ3n) is 3.50. The van der Waals surface area contributed by atoms with Gasteiger partial charge in [0.1, 0.15) is 0 Å². The molecular weight excluding hydrogens is 270 g/mol. The van der Waals surface area contributed by atoms with E-state index in [1.54, 1.807) is 0 Å². The number of hydrogen-bond acceptors (Lipinski definition) is 4. The molecule has 1 rings (SSSR count). The second kappa shape index (κ2) is 8.17. The Bertz CT molecular complexity index is 451. The van der Waals surface area contributed by atoms with Gasteiger partial charge in [-0.3, -0.25) is 4.79 Å². The molecule has 0 aromatic heterocycles. The first kappa shape index (κ1) is 16.9. The first-order valence-electron chi connectivity index (χ1n) is 6.79. The molecule has 1 aromatic carbocycles. The van der Waals surface area contributed by atoms with Crippen molar-refractivity contribution in [3.63, 3.8) is 0 Å². The second-order valence-corrected chi connectivity index (χ2v) is 6.01. The van der Waals surface area contributed by atoms with E-state index < -0.39 is 0 Å². The third kappa shape index (κ3) is 5.06. The molecule has 112 valence electrons. The zero-order valence-corrected chi connectivity index (χ0v) is 13.6. The minimum atomic E-state index is 0.0295.